The van der Waals surface area contributed by atoms with Crippen molar-refractivity contribution in [3.8, 4) is 0 Å². The van der Waals surface area contributed by atoms with Crippen molar-refractivity contribution in [3.05, 3.63) is 11.6 Å². The van der Waals surface area contributed by atoms with E-state index in [-0.39, 0.29) is 11.9 Å². The maximum absolute atomic E-state index is 11.0. The van der Waals surface area contributed by atoms with E-state index < -0.39 is 0 Å². The summed E-state index contributed by atoms with van der Waals surface area (Å²) < 4.78 is 4.65. The van der Waals surface area contributed by atoms with Crippen LogP contribution in [0.3, 0.4) is 0 Å². The Morgan fingerprint density at radius 2 is 2.36 bits per heavy atom. The van der Waals surface area contributed by atoms with Gasteiger partial charge in [0.15, 0.2) is 0 Å². The standard InChI is InChI=1S/C9H14O2/c1-4-7-5-8(6(7)2)9(10)11-3/h4,6,8H,5H2,1-3H3/b7-4+/t6-,8+/m0/s1. The minimum atomic E-state index is -0.0666. The molecule has 0 N–H and O–H groups in total. The number of hydrogen-bond donors (Lipinski definition) is 0. The summed E-state index contributed by atoms with van der Waals surface area (Å²) in [5, 5.41) is 0. The van der Waals surface area contributed by atoms with Crippen LogP contribution >= 0.6 is 0 Å². The highest BCUT2D eigenvalue weighted by molar-refractivity contribution is 5.75. The van der Waals surface area contributed by atoms with E-state index in [1.807, 2.05) is 6.92 Å². The average Bonchev–Trinajstić information content (AvgIpc) is 2.02. The molecule has 11 heavy (non-hydrogen) atoms. The molecule has 2 heteroatoms. The molecular weight excluding hydrogens is 140 g/mol. The zero-order valence-corrected chi connectivity index (χ0v) is 7.26. The number of rotatable bonds is 1. The summed E-state index contributed by atoms with van der Waals surface area (Å²) in [6.45, 7) is 4.08. The number of hydrogen-bond acceptors (Lipinski definition) is 2. The molecule has 0 saturated heterocycles. The minimum absolute atomic E-state index is 0.0666. The van der Waals surface area contributed by atoms with Crippen molar-refractivity contribution in [2.24, 2.45) is 11.8 Å². The number of allylic oxidation sites excluding steroid dienone is 2. The predicted octanol–water partition coefficient (Wildman–Crippen LogP) is 1.76. The fourth-order valence-electron chi connectivity index (χ4n) is 1.53. The van der Waals surface area contributed by atoms with Crippen molar-refractivity contribution in [1.82, 2.24) is 0 Å². The highest BCUT2D eigenvalue weighted by Crippen LogP contribution is 2.39. The first-order valence-electron chi connectivity index (χ1n) is 3.93. The lowest BCUT2D eigenvalue weighted by Crippen LogP contribution is -2.34. The van der Waals surface area contributed by atoms with Gasteiger partial charge in [-0.1, -0.05) is 18.6 Å². The summed E-state index contributed by atoms with van der Waals surface area (Å²) in [4.78, 5) is 11.0. The minimum Gasteiger partial charge on any atom is -0.469 e. The van der Waals surface area contributed by atoms with Gasteiger partial charge in [-0.2, -0.15) is 0 Å². The Kier molecular flexibility index (Phi) is 2.32. The Hall–Kier alpha value is -0.790. The second kappa shape index (κ2) is 3.07. The molecule has 0 radical (unpaired) electrons. The van der Waals surface area contributed by atoms with Gasteiger partial charge in [0.1, 0.15) is 0 Å². The maximum atomic E-state index is 11.0. The fraction of sp³-hybridized carbons (Fsp3) is 0.667. The molecule has 0 amide bonds. The van der Waals surface area contributed by atoms with Crippen LogP contribution in [-0.2, 0) is 9.53 Å². The quantitative estimate of drug-likeness (QED) is 0.425. The van der Waals surface area contributed by atoms with E-state index in [4.69, 9.17) is 0 Å². The van der Waals surface area contributed by atoms with Gasteiger partial charge in [-0.25, -0.2) is 0 Å². The Labute approximate surface area is 67.2 Å². The van der Waals surface area contributed by atoms with E-state index in [1.165, 1.54) is 12.7 Å². The fourth-order valence-corrected chi connectivity index (χ4v) is 1.53. The lowest BCUT2D eigenvalue weighted by atomic mass is 9.70. The number of ether oxygens (including phenoxy) is 1. The first-order valence-corrected chi connectivity index (χ1v) is 3.93. The first kappa shape index (κ1) is 8.31. The van der Waals surface area contributed by atoms with Gasteiger partial charge in [0, 0.05) is 0 Å². The SMILES string of the molecule is C/C=C1\C[C@@H](C(=O)OC)[C@H]1C. The van der Waals surface area contributed by atoms with Crippen molar-refractivity contribution < 1.29 is 9.53 Å². The van der Waals surface area contributed by atoms with Crippen LogP contribution < -0.4 is 0 Å². The Balaban J connectivity index is 2.51. The first-order chi connectivity index (χ1) is 5.20. The van der Waals surface area contributed by atoms with E-state index in [2.05, 4.69) is 17.7 Å². The van der Waals surface area contributed by atoms with Gasteiger partial charge in [-0.3, -0.25) is 4.79 Å². The maximum Gasteiger partial charge on any atom is 0.309 e. The molecule has 0 bridgehead atoms. The second-order valence-corrected chi connectivity index (χ2v) is 2.99. The molecule has 1 aliphatic rings. The van der Waals surface area contributed by atoms with Crippen LogP contribution in [0.25, 0.3) is 0 Å². The summed E-state index contributed by atoms with van der Waals surface area (Å²) in [6, 6.07) is 0. The van der Waals surface area contributed by atoms with Crippen molar-refractivity contribution in [3.63, 3.8) is 0 Å². The molecule has 2 atom stereocenters. The van der Waals surface area contributed by atoms with Crippen molar-refractivity contribution >= 4 is 5.97 Å². The number of esters is 1. The molecule has 2 nitrogen and oxygen atoms in total. The third-order valence-electron chi connectivity index (χ3n) is 2.52. The normalized spacial score (nSPS) is 33.2. The van der Waals surface area contributed by atoms with Gasteiger partial charge < -0.3 is 4.74 Å². The zero-order chi connectivity index (χ0) is 8.43. The molecule has 1 aliphatic carbocycles. The van der Waals surface area contributed by atoms with Crippen LogP contribution in [-0.4, -0.2) is 13.1 Å². The van der Waals surface area contributed by atoms with E-state index >= 15 is 0 Å². The molecule has 0 spiro atoms. The van der Waals surface area contributed by atoms with Crippen molar-refractivity contribution in [1.29, 1.82) is 0 Å². The van der Waals surface area contributed by atoms with Crippen LogP contribution in [0.5, 0.6) is 0 Å². The summed E-state index contributed by atoms with van der Waals surface area (Å²) in [7, 11) is 1.45. The Bertz CT molecular complexity index is 194. The van der Waals surface area contributed by atoms with Gasteiger partial charge in [0.05, 0.1) is 13.0 Å². The zero-order valence-electron chi connectivity index (χ0n) is 7.26. The van der Waals surface area contributed by atoms with E-state index in [0.29, 0.717) is 5.92 Å². The highest BCUT2D eigenvalue weighted by atomic mass is 16.5. The molecule has 0 heterocycles. The summed E-state index contributed by atoms with van der Waals surface area (Å²) in [5.41, 5.74) is 1.38. The monoisotopic (exact) mass is 154 g/mol. The van der Waals surface area contributed by atoms with Crippen LogP contribution in [0, 0.1) is 11.8 Å². The molecule has 1 saturated carbocycles. The molecule has 0 aliphatic heterocycles. The van der Waals surface area contributed by atoms with Crippen LogP contribution in [0.15, 0.2) is 11.6 Å². The molecule has 1 rings (SSSR count). The number of carbonyl (C=O) groups excluding carboxylic acids is 1. The molecule has 0 aromatic carbocycles. The van der Waals surface area contributed by atoms with Crippen LogP contribution in [0.4, 0.5) is 0 Å². The molecular formula is C9H14O2. The summed E-state index contributed by atoms with van der Waals surface area (Å²) >= 11 is 0. The van der Waals surface area contributed by atoms with Crippen molar-refractivity contribution in [2.45, 2.75) is 20.3 Å². The third kappa shape index (κ3) is 1.30. The topological polar surface area (TPSA) is 26.3 Å². The number of carbonyl (C=O) groups is 1. The van der Waals surface area contributed by atoms with Crippen LogP contribution in [0.1, 0.15) is 20.3 Å². The Morgan fingerprint density at radius 3 is 2.73 bits per heavy atom. The van der Waals surface area contributed by atoms with Gasteiger partial charge in [-0.15, -0.1) is 0 Å². The molecule has 0 unspecified atom stereocenters. The van der Waals surface area contributed by atoms with Gasteiger partial charge >= 0.3 is 5.97 Å². The molecule has 0 aromatic rings. The lowest BCUT2D eigenvalue weighted by Gasteiger charge is -2.34. The van der Waals surface area contributed by atoms with Crippen LogP contribution in [0.2, 0.25) is 0 Å². The molecule has 1 fully saturated rings. The number of methoxy groups -OCH3 is 1. The third-order valence-corrected chi connectivity index (χ3v) is 2.52. The van der Waals surface area contributed by atoms with Gasteiger partial charge in [0.2, 0.25) is 0 Å². The van der Waals surface area contributed by atoms with E-state index in [0.717, 1.165) is 6.42 Å². The summed E-state index contributed by atoms with van der Waals surface area (Å²) in [5.74, 6) is 0.446. The average molecular weight is 154 g/mol. The lowest BCUT2D eigenvalue weighted by molar-refractivity contribution is -0.148. The van der Waals surface area contributed by atoms with Crippen molar-refractivity contribution in [2.75, 3.05) is 7.11 Å². The van der Waals surface area contributed by atoms with Gasteiger partial charge in [0.25, 0.3) is 0 Å². The van der Waals surface area contributed by atoms with Gasteiger partial charge in [-0.05, 0) is 19.3 Å². The summed E-state index contributed by atoms with van der Waals surface area (Å²) in [6.07, 6.45) is 2.98. The van der Waals surface area contributed by atoms with E-state index in [1.54, 1.807) is 0 Å². The smallest absolute Gasteiger partial charge is 0.309 e. The Morgan fingerprint density at radius 1 is 1.73 bits per heavy atom. The molecule has 62 valence electrons. The largest absolute Gasteiger partial charge is 0.469 e. The highest BCUT2D eigenvalue weighted by Gasteiger charge is 2.37. The predicted molar refractivity (Wildman–Crippen MR) is 43.0 cm³/mol. The van der Waals surface area contributed by atoms with E-state index in [9.17, 15) is 4.79 Å². The molecule has 0 aromatic heterocycles. The second-order valence-electron chi connectivity index (χ2n) is 2.99.